The highest BCUT2D eigenvalue weighted by molar-refractivity contribution is 7.99. The van der Waals surface area contributed by atoms with Crippen molar-refractivity contribution in [3.8, 4) is 12.3 Å². The van der Waals surface area contributed by atoms with Crippen LogP contribution in [0, 0.1) is 12.3 Å². The zero-order valence-electron chi connectivity index (χ0n) is 5.48. The third kappa shape index (κ3) is 2.98. The van der Waals surface area contributed by atoms with Crippen LogP contribution in [0.15, 0.2) is 0 Å². The van der Waals surface area contributed by atoms with Gasteiger partial charge in [0.25, 0.3) is 0 Å². The molecule has 0 aromatic carbocycles. The molecule has 0 aromatic rings. The van der Waals surface area contributed by atoms with E-state index in [2.05, 4.69) is 19.1 Å². The zero-order valence-corrected chi connectivity index (χ0v) is 6.29. The number of hydrogen-bond donors (Lipinski definition) is 0. The second kappa shape index (κ2) is 5.05. The lowest BCUT2D eigenvalue weighted by molar-refractivity contribution is 0.841. The Hall–Kier alpha value is -0.0900. The standard InChI is InChI=1S/C7H12S/c1-4-6-7(5-2)8-3/h2,7H,4,6H2,1,3H3. The van der Waals surface area contributed by atoms with Crippen LogP contribution in [0.3, 0.4) is 0 Å². The molecular formula is C7H12S. The van der Waals surface area contributed by atoms with Gasteiger partial charge in [0, 0.05) is 0 Å². The molecule has 0 fully saturated rings. The van der Waals surface area contributed by atoms with Crippen LogP contribution >= 0.6 is 11.8 Å². The van der Waals surface area contributed by atoms with E-state index in [1.165, 1.54) is 6.42 Å². The molecule has 0 radical (unpaired) electrons. The van der Waals surface area contributed by atoms with Crippen molar-refractivity contribution < 1.29 is 0 Å². The van der Waals surface area contributed by atoms with Gasteiger partial charge in [-0.15, -0.1) is 18.2 Å². The molecule has 0 rings (SSSR count). The Balaban J connectivity index is 3.26. The summed E-state index contributed by atoms with van der Waals surface area (Å²) in [6.45, 7) is 2.15. The van der Waals surface area contributed by atoms with Gasteiger partial charge in [-0.25, -0.2) is 0 Å². The maximum absolute atomic E-state index is 5.20. The van der Waals surface area contributed by atoms with E-state index in [0.29, 0.717) is 5.25 Å². The molecule has 0 spiro atoms. The van der Waals surface area contributed by atoms with Crippen LogP contribution in [0.5, 0.6) is 0 Å². The first-order valence-electron chi connectivity index (χ1n) is 2.84. The third-order valence-electron chi connectivity index (χ3n) is 1.02. The van der Waals surface area contributed by atoms with E-state index in [9.17, 15) is 0 Å². The lowest BCUT2D eigenvalue weighted by Gasteiger charge is -2.01. The van der Waals surface area contributed by atoms with Gasteiger partial charge in [-0.2, -0.15) is 0 Å². The topological polar surface area (TPSA) is 0 Å². The lowest BCUT2D eigenvalue weighted by Crippen LogP contribution is -1.94. The monoisotopic (exact) mass is 128 g/mol. The fraction of sp³-hybridized carbons (Fsp3) is 0.714. The van der Waals surface area contributed by atoms with Gasteiger partial charge in [0.05, 0.1) is 5.25 Å². The van der Waals surface area contributed by atoms with Crippen LogP contribution in [-0.2, 0) is 0 Å². The highest BCUT2D eigenvalue weighted by atomic mass is 32.2. The fourth-order valence-electron chi connectivity index (χ4n) is 0.531. The average molecular weight is 128 g/mol. The quantitative estimate of drug-likeness (QED) is 0.525. The van der Waals surface area contributed by atoms with Crippen molar-refractivity contribution in [2.24, 2.45) is 0 Å². The molecule has 1 heteroatoms. The van der Waals surface area contributed by atoms with Gasteiger partial charge in [0.1, 0.15) is 0 Å². The van der Waals surface area contributed by atoms with Gasteiger partial charge in [-0.05, 0) is 12.7 Å². The third-order valence-corrected chi connectivity index (χ3v) is 1.96. The Morgan fingerprint density at radius 1 is 1.75 bits per heavy atom. The second-order valence-electron chi connectivity index (χ2n) is 1.68. The first kappa shape index (κ1) is 7.91. The largest absolute Gasteiger partial charge is 0.149 e. The Bertz CT molecular complexity index is 80.9. The molecule has 0 saturated carbocycles. The summed E-state index contributed by atoms with van der Waals surface area (Å²) in [5.74, 6) is 2.72. The van der Waals surface area contributed by atoms with Crippen LogP contribution in [-0.4, -0.2) is 11.5 Å². The summed E-state index contributed by atoms with van der Waals surface area (Å²) in [5, 5.41) is 0.444. The van der Waals surface area contributed by atoms with E-state index in [1.807, 2.05) is 0 Å². The Morgan fingerprint density at radius 3 is 2.50 bits per heavy atom. The first-order chi connectivity index (χ1) is 3.85. The van der Waals surface area contributed by atoms with Gasteiger partial charge in [0.2, 0.25) is 0 Å². The summed E-state index contributed by atoms with van der Waals surface area (Å²) < 4.78 is 0. The van der Waals surface area contributed by atoms with E-state index < -0.39 is 0 Å². The van der Waals surface area contributed by atoms with E-state index >= 15 is 0 Å². The van der Waals surface area contributed by atoms with E-state index in [0.717, 1.165) is 6.42 Å². The maximum atomic E-state index is 5.20. The smallest absolute Gasteiger partial charge is 0.0651 e. The summed E-state index contributed by atoms with van der Waals surface area (Å²) >= 11 is 1.76. The van der Waals surface area contributed by atoms with Crippen molar-refractivity contribution in [3.05, 3.63) is 0 Å². The van der Waals surface area contributed by atoms with E-state index in [1.54, 1.807) is 11.8 Å². The summed E-state index contributed by atoms with van der Waals surface area (Å²) in [5.41, 5.74) is 0. The average Bonchev–Trinajstić information content (AvgIpc) is 1.83. The summed E-state index contributed by atoms with van der Waals surface area (Å²) in [6, 6.07) is 0. The molecular weight excluding hydrogens is 116 g/mol. The summed E-state index contributed by atoms with van der Waals surface area (Å²) in [6.07, 6.45) is 9.59. The van der Waals surface area contributed by atoms with E-state index in [4.69, 9.17) is 6.42 Å². The molecule has 0 aliphatic rings. The SMILES string of the molecule is C#CC(CCC)SC. The molecule has 1 unspecified atom stereocenters. The number of hydrogen-bond acceptors (Lipinski definition) is 1. The zero-order chi connectivity index (χ0) is 6.41. The van der Waals surface area contributed by atoms with Crippen LogP contribution in [0.2, 0.25) is 0 Å². The van der Waals surface area contributed by atoms with Gasteiger partial charge in [-0.3, -0.25) is 0 Å². The Morgan fingerprint density at radius 2 is 2.38 bits per heavy atom. The van der Waals surface area contributed by atoms with Crippen molar-refractivity contribution in [3.63, 3.8) is 0 Å². The number of thioether (sulfide) groups is 1. The molecule has 0 saturated heterocycles. The second-order valence-corrected chi connectivity index (χ2v) is 2.72. The molecule has 0 aromatic heterocycles. The Kier molecular flexibility index (Phi) is 5.00. The fourth-order valence-corrected chi connectivity index (χ4v) is 1.14. The minimum absolute atomic E-state index is 0.444. The Labute approximate surface area is 56.1 Å². The molecule has 8 heavy (non-hydrogen) atoms. The lowest BCUT2D eigenvalue weighted by atomic mass is 10.2. The minimum atomic E-state index is 0.444. The van der Waals surface area contributed by atoms with Gasteiger partial charge < -0.3 is 0 Å². The normalized spacial score (nSPS) is 12.6. The number of rotatable bonds is 3. The predicted octanol–water partition coefficient (Wildman–Crippen LogP) is 2.15. The highest BCUT2D eigenvalue weighted by Gasteiger charge is 1.97. The molecule has 0 N–H and O–H groups in total. The molecule has 0 heterocycles. The maximum Gasteiger partial charge on any atom is 0.0651 e. The van der Waals surface area contributed by atoms with Gasteiger partial charge in [0.15, 0.2) is 0 Å². The molecule has 0 aliphatic carbocycles. The summed E-state index contributed by atoms with van der Waals surface area (Å²) in [4.78, 5) is 0. The predicted molar refractivity (Wildman–Crippen MR) is 41.0 cm³/mol. The van der Waals surface area contributed by atoms with Gasteiger partial charge in [-0.1, -0.05) is 19.3 Å². The van der Waals surface area contributed by atoms with Crippen molar-refractivity contribution in [2.75, 3.05) is 6.26 Å². The molecule has 0 nitrogen and oxygen atoms in total. The van der Waals surface area contributed by atoms with Crippen molar-refractivity contribution >= 4 is 11.8 Å². The number of terminal acetylenes is 1. The van der Waals surface area contributed by atoms with E-state index in [-0.39, 0.29) is 0 Å². The van der Waals surface area contributed by atoms with Crippen LogP contribution in [0.1, 0.15) is 19.8 Å². The molecule has 0 bridgehead atoms. The molecule has 46 valence electrons. The van der Waals surface area contributed by atoms with Crippen LogP contribution in [0.25, 0.3) is 0 Å². The highest BCUT2D eigenvalue weighted by Crippen LogP contribution is 2.10. The minimum Gasteiger partial charge on any atom is -0.149 e. The molecule has 0 aliphatic heterocycles. The molecule has 1 atom stereocenters. The van der Waals surface area contributed by atoms with Crippen molar-refractivity contribution in [2.45, 2.75) is 25.0 Å². The van der Waals surface area contributed by atoms with Gasteiger partial charge >= 0.3 is 0 Å². The van der Waals surface area contributed by atoms with Crippen molar-refractivity contribution in [1.29, 1.82) is 0 Å². The summed E-state index contributed by atoms with van der Waals surface area (Å²) in [7, 11) is 0. The van der Waals surface area contributed by atoms with Crippen LogP contribution < -0.4 is 0 Å². The van der Waals surface area contributed by atoms with Crippen LogP contribution in [0.4, 0.5) is 0 Å². The molecule has 0 amide bonds. The first-order valence-corrected chi connectivity index (χ1v) is 4.12. The van der Waals surface area contributed by atoms with Crippen molar-refractivity contribution in [1.82, 2.24) is 0 Å².